The Labute approximate surface area is 128 Å². The highest BCUT2D eigenvalue weighted by molar-refractivity contribution is 6.17. The molecular formula is C16H18ClN3O. The van der Waals surface area contributed by atoms with Crippen LogP contribution in [-0.2, 0) is 19.4 Å². The zero-order chi connectivity index (χ0) is 14.8. The van der Waals surface area contributed by atoms with Crippen LogP contribution in [0.5, 0.6) is 0 Å². The van der Waals surface area contributed by atoms with E-state index in [0.29, 0.717) is 18.3 Å². The van der Waals surface area contributed by atoms with Crippen molar-refractivity contribution in [2.75, 3.05) is 5.88 Å². The molecule has 0 radical (unpaired) electrons. The molecule has 110 valence electrons. The lowest BCUT2D eigenvalue weighted by molar-refractivity contribution is 0.445. The lowest BCUT2D eigenvalue weighted by Crippen LogP contribution is -2.06. The van der Waals surface area contributed by atoms with Crippen LogP contribution in [0.2, 0.25) is 0 Å². The van der Waals surface area contributed by atoms with E-state index in [4.69, 9.17) is 16.0 Å². The van der Waals surface area contributed by atoms with E-state index in [1.165, 1.54) is 5.56 Å². The minimum absolute atomic E-state index is 0.550. The second-order valence-corrected chi connectivity index (χ2v) is 5.50. The van der Waals surface area contributed by atoms with Gasteiger partial charge in [-0.1, -0.05) is 13.0 Å². The van der Waals surface area contributed by atoms with Gasteiger partial charge in [0.15, 0.2) is 0 Å². The number of rotatable bonds is 5. The van der Waals surface area contributed by atoms with Gasteiger partial charge in [0.2, 0.25) is 5.89 Å². The van der Waals surface area contributed by atoms with Crippen molar-refractivity contribution in [2.45, 2.75) is 33.2 Å². The first-order chi connectivity index (χ1) is 10.2. The first kappa shape index (κ1) is 14.1. The van der Waals surface area contributed by atoms with Crippen molar-refractivity contribution in [1.29, 1.82) is 0 Å². The summed E-state index contributed by atoms with van der Waals surface area (Å²) in [4.78, 5) is 9.02. The van der Waals surface area contributed by atoms with Gasteiger partial charge in [0.05, 0.1) is 17.2 Å². The van der Waals surface area contributed by atoms with Crippen LogP contribution in [0.1, 0.15) is 30.0 Å². The Hall–Kier alpha value is -1.81. The van der Waals surface area contributed by atoms with Crippen molar-refractivity contribution in [3.63, 3.8) is 0 Å². The molecule has 0 bridgehead atoms. The van der Waals surface area contributed by atoms with Crippen molar-refractivity contribution in [1.82, 2.24) is 14.5 Å². The summed E-state index contributed by atoms with van der Waals surface area (Å²) in [5, 5.41) is 0. The number of aryl methyl sites for hydroxylation is 3. The summed E-state index contributed by atoms with van der Waals surface area (Å²) in [5.41, 5.74) is 3.30. The number of halogens is 1. The Kier molecular flexibility index (Phi) is 3.97. The van der Waals surface area contributed by atoms with Gasteiger partial charge in [0.1, 0.15) is 18.1 Å². The zero-order valence-corrected chi connectivity index (χ0v) is 13.0. The van der Waals surface area contributed by atoms with E-state index in [9.17, 15) is 0 Å². The van der Waals surface area contributed by atoms with Crippen LogP contribution >= 0.6 is 11.6 Å². The second kappa shape index (κ2) is 5.90. The number of nitrogens with zero attached hydrogens (tertiary/aromatic N) is 3. The molecule has 0 aliphatic rings. The Morgan fingerprint density at radius 2 is 2.19 bits per heavy atom. The minimum Gasteiger partial charge on any atom is -0.444 e. The number of hydrogen-bond acceptors (Lipinski definition) is 3. The Balaban J connectivity index is 2.05. The van der Waals surface area contributed by atoms with E-state index in [1.807, 2.05) is 6.07 Å². The van der Waals surface area contributed by atoms with Crippen LogP contribution < -0.4 is 0 Å². The predicted molar refractivity (Wildman–Crippen MR) is 83.9 cm³/mol. The monoisotopic (exact) mass is 303 g/mol. The quantitative estimate of drug-likeness (QED) is 0.675. The topological polar surface area (TPSA) is 43.9 Å². The fraction of sp³-hybridized carbons (Fsp3) is 0.375. The molecule has 0 saturated heterocycles. The van der Waals surface area contributed by atoms with E-state index < -0.39 is 0 Å². The fourth-order valence-electron chi connectivity index (χ4n) is 2.45. The summed E-state index contributed by atoms with van der Waals surface area (Å²) in [6, 6.07) is 6.26. The van der Waals surface area contributed by atoms with E-state index in [2.05, 4.69) is 40.5 Å². The fourth-order valence-corrected chi connectivity index (χ4v) is 2.62. The summed E-state index contributed by atoms with van der Waals surface area (Å²) in [6.07, 6.45) is 3.38. The SMILES string of the molecule is CCc1cnc(Cn2c(CCCl)nc3ccc(C)cc32)o1. The number of benzene rings is 1. The van der Waals surface area contributed by atoms with Gasteiger partial charge < -0.3 is 8.98 Å². The highest BCUT2D eigenvalue weighted by Crippen LogP contribution is 2.20. The van der Waals surface area contributed by atoms with Gasteiger partial charge >= 0.3 is 0 Å². The van der Waals surface area contributed by atoms with Gasteiger partial charge in [0.25, 0.3) is 0 Å². The van der Waals surface area contributed by atoms with Crippen molar-refractivity contribution in [3.8, 4) is 0 Å². The molecule has 1 aromatic carbocycles. The molecule has 0 N–H and O–H groups in total. The van der Waals surface area contributed by atoms with Crippen LogP contribution in [-0.4, -0.2) is 20.4 Å². The maximum atomic E-state index is 5.90. The average Bonchev–Trinajstić information content (AvgIpc) is 3.06. The van der Waals surface area contributed by atoms with E-state index in [1.54, 1.807) is 6.20 Å². The third-order valence-electron chi connectivity index (χ3n) is 3.54. The molecule has 2 heterocycles. The molecule has 0 atom stereocenters. The summed E-state index contributed by atoms with van der Waals surface area (Å²) < 4.78 is 7.87. The summed E-state index contributed by atoms with van der Waals surface area (Å²) in [7, 11) is 0. The van der Waals surface area contributed by atoms with Crippen LogP contribution in [0.4, 0.5) is 0 Å². The summed E-state index contributed by atoms with van der Waals surface area (Å²) in [6.45, 7) is 4.73. The van der Waals surface area contributed by atoms with Gasteiger partial charge in [0, 0.05) is 18.7 Å². The first-order valence-corrected chi connectivity index (χ1v) is 7.70. The van der Waals surface area contributed by atoms with Crippen molar-refractivity contribution in [3.05, 3.63) is 47.4 Å². The van der Waals surface area contributed by atoms with Gasteiger partial charge in [-0.3, -0.25) is 0 Å². The Bertz CT molecular complexity index is 760. The van der Waals surface area contributed by atoms with Gasteiger partial charge in [-0.15, -0.1) is 11.6 Å². The number of hydrogen-bond donors (Lipinski definition) is 0. The zero-order valence-electron chi connectivity index (χ0n) is 12.3. The number of aromatic nitrogens is 3. The molecule has 0 unspecified atom stereocenters. The van der Waals surface area contributed by atoms with Gasteiger partial charge in [-0.05, 0) is 24.6 Å². The molecule has 3 rings (SSSR count). The van der Waals surface area contributed by atoms with Crippen LogP contribution in [0.25, 0.3) is 11.0 Å². The molecule has 0 saturated carbocycles. The summed E-state index contributed by atoms with van der Waals surface area (Å²) >= 11 is 5.90. The minimum atomic E-state index is 0.550. The van der Waals surface area contributed by atoms with Crippen LogP contribution in [0, 0.1) is 6.92 Å². The van der Waals surface area contributed by atoms with Crippen molar-refractivity contribution < 1.29 is 4.42 Å². The molecule has 0 amide bonds. The normalized spacial score (nSPS) is 11.4. The molecule has 3 aromatic rings. The maximum Gasteiger partial charge on any atom is 0.214 e. The summed E-state index contributed by atoms with van der Waals surface area (Å²) in [5.74, 6) is 3.14. The Morgan fingerprint density at radius 3 is 2.90 bits per heavy atom. The van der Waals surface area contributed by atoms with E-state index in [-0.39, 0.29) is 0 Å². The third kappa shape index (κ3) is 2.81. The molecule has 0 aliphatic heterocycles. The number of imidazole rings is 1. The molecule has 21 heavy (non-hydrogen) atoms. The van der Waals surface area contributed by atoms with Gasteiger partial charge in [-0.25, -0.2) is 9.97 Å². The van der Waals surface area contributed by atoms with E-state index >= 15 is 0 Å². The lowest BCUT2D eigenvalue weighted by Gasteiger charge is -2.06. The molecule has 0 spiro atoms. The van der Waals surface area contributed by atoms with Crippen LogP contribution in [0.3, 0.4) is 0 Å². The van der Waals surface area contributed by atoms with Crippen LogP contribution in [0.15, 0.2) is 28.8 Å². The molecule has 4 nitrogen and oxygen atoms in total. The molecule has 0 fully saturated rings. The molecular weight excluding hydrogens is 286 g/mol. The largest absolute Gasteiger partial charge is 0.444 e. The van der Waals surface area contributed by atoms with Crippen molar-refractivity contribution >= 4 is 22.6 Å². The maximum absolute atomic E-state index is 5.90. The van der Waals surface area contributed by atoms with Gasteiger partial charge in [-0.2, -0.15) is 0 Å². The standard InChI is InChI=1S/C16H18ClN3O/c1-3-12-9-18-16(21-12)10-20-14-8-11(2)4-5-13(14)19-15(20)6-7-17/h4-5,8-9H,3,6-7,10H2,1-2H3. The first-order valence-electron chi connectivity index (χ1n) is 7.16. The molecule has 2 aromatic heterocycles. The highest BCUT2D eigenvalue weighted by Gasteiger charge is 2.13. The third-order valence-corrected chi connectivity index (χ3v) is 3.73. The Morgan fingerprint density at radius 1 is 1.33 bits per heavy atom. The molecule has 5 heteroatoms. The van der Waals surface area contributed by atoms with Crippen molar-refractivity contribution in [2.24, 2.45) is 0 Å². The van der Waals surface area contributed by atoms with E-state index in [0.717, 1.165) is 35.5 Å². The molecule has 0 aliphatic carbocycles. The predicted octanol–water partition coefficient (Wildman–Crippen LogP) is 3.72. The lowest BCUT2D eigenvalue weighted by atomic mass is 10.2. The smallest absolute Gasteiger partial charge is 0.214 e. The number of alkyl halides is 1. The highest BCUT2D eigenvalue weighted by atomic mass is 35.5. The number of fused-ring (bicyclic) bond motifs is 1. The second-order valence-electron chi connectivity index (χ2n) is 5.12. The average molecular weight is 304 g/mol. The number of oxazole rings is 1.